The zero-order valence-electron chi connectivity index (χ0n) is 15.3. The maximum absolute atomic E-state index is 13.2. The molecule has 1 amide bonds. The van der Waals surface area contributed by atoms with E-state index in [1.54, 1.807) is 24.3 Å². The van der Waals surface area contributed by atoms with Crippen molar-refractivity contribution in [3.8, 4) is 23.3 Å². The molecule has 148 valence electrons. The SMILES string of the molecule is N#Cc1ccc(-c2ccc(CC(C#N)NC(=O)C3(C(F)(F)F)CNC3)cc2)cc1. The van der Waals surface area contributed by atoms with Crippen molar-refractivity contribution in [2.75, 3.05) is 13.1 Å². The Bertz CT molecular complexity index is 965. The van der Waals surface area contributed by atoms with Crippen molar-refractivity contribution in [3.63, 3.8) is 0 Å². The highest BCUT2D eigenvalue weighted by Gasteiger charge is 2.64. The van der Waals surface area contributed by atoms with E-state index in [0.29, 0.717) is 11.1 Å². The van der Waals surface area contributed by atoms with Crippen molar-refractivity contribution >= 4 is 5.91 Å². The maximum Gasteiger partial charge on any atom is 0.405 e. The van der Waals surface area contributed by atoms with E-state index < -0.39 is 36.6 Å². The van der Waals surface area contributed by atoms with E-state index in [-0.39, 0.29) is 6.42 Å². The number of carbonyl (C=O) groups is 1. The van der Waals surface area contributed by atoms with Gasteiger partial charge in [-0.25, -0.2) is 0 Å². The molecular weight excluding hydrogens is 381 g/mol. The van der Waals surface area contributed by atoms with Crippen LogP contribution in [0.5, 0.6) is 0 Å². The van der Waals surface area contributed by atoms with Crippen LogP contribution in [0.2, 0.25) is 0 Å². The molecule has 0 saturated carbocycles. The second-order valence-electron chi connectivity index (χ2n) is 6.93. The quantitative estimate of drug-likeness (QED) is 0.811. The molecule has 0 bridgehead atoms. The molecule has 3 rings (SSSR count). The zero-order chi connectivity index (χ0) is 21.1. The lowest BCUT2D eigenvalue weighted by Crippen LogP contribution is -2.69. The molecule has 1 fully saturated rings. The Kier molecular flexibility index (Phi) is 5.58. The molecule has 2 aromatic carbocycles. The first kappa shape index (κ1) is 20.4. The van der Waals surface area contributed by atoms with Gasteiger partial charge in [-0.3, -0.25) is 4.79 Å². The molecule has 0 aromatic heterocycles. The van der Waals surface area contributed by atoms with Gasteiger partial charge in [0.05, 0.1) is 17.7 Å². The molecule has 2 N–H and O–H groups in total. The van der Waals surface area contributed by atoms with Crippen LogP contribution in [0.15, 0.2) is 48.5 Å². The molecule has 1 heterocycles. The normalized spacial score (nSPS) is 16.0. The Hall–Kier alpha value is -3.36. The Labute approximate surface area is 165 Å². The number of carbonyl (C=O) groups excluding carboxylic acids is 1. The maximum atomic E-state index is 13.2. The van der Waals surface area contributed by atoms with E-state index >= 15 is 0 Å². The van der Waals surface area contributed by atoms with Crippen LogP contribution in [0.1, 0.15) is 11.1 Å². The van der Waals surface area contributed by atoms with Gasteiger partial charge in [0, 0.05) is 19.5 Å². The number of rotatable bonds is 5. The van der Waals surface area contributed by atoms with Gasteiger partial charge >= 0.3 is 6.18 Å². The first-order valence-electron chi connectivity index (χ1n) is 8.86. The first-order chi connectivity index (χ1) is 13.8. The van der Waals surface area contributed by atoms with E-state index in [1.807, 2.05) is 36.4 Å². The number of hydrogen-bond donors (Lipinski definition) is 2. The van der Waals surface area contributed by atoms with Crippen LogP contribution in [0.3, 0.4) is 0 Å². The average molecular weight is 398 g/mol. The molecule has 29 heavy (non-hydrogen) atoms. The summed E-state index contributed by atoms with van der Waals surface area (Å²) in [5.74, 6) is -1.18. The highest BCUT2D eigenvalue weighted by molar-refractivity contribution is 5.85. The molecular formula is C21H17F3N4O. The topological polar surface area (TPSA) is 88.7 Å². The summed E-state index contributed by atoms with van der Waals surface area (Å²) in [6.45, 7) is -0.973. The van der Waals surface area contributed by atoms with E-state index in [9.17, 15) is 23.2 Å². The van der Waals surface area contributed by atoms with Gasteiger partial charge in [-0.15, -0.1) is 0 Å². The molecule has 1 aliphatic heterocycles. The molecule has 5 nitrogen and oxygen atoms in total. The Morgan fingerprint density at radius 1 is 1.07 bits per heavy atom. The summed E-state index contributed by atoms with van der Waals surface area (Å²) in [6.07, 6.45) is -4.58. The number of benzene rings is 2. The molecule has 1 unspecified atom stereocenters. The second-order valence-corrected chi connectivity index (χ2v) is 6.93. The summed E-state index contributed by atoms with van der Waals surface area (Å²) < 4.78 is 39.7. The van der Waals surface area contributed by atoms with Crippen molar-refractivity contribution < 1.29 is 18.0 Å². The van der Waals surface area contributed by atoms with Crippen LogP contribution >= 0.6 is 0 Å². The third-order valence-corrected chi connectivity index (χ3v) is 5.03. The third-order valence-electron chi connectivity index (χ3n) is 5.03. The van der Waals surface area contributed by atoms with Crippen LogP contribution in [-0.2, 0) is 11.2 Å². The fraction of sp³-hybridized carbons (Fsp3) is 0.286. The summed E-state index contributed by atoms with van der Waals surface area (Å²) in [5, 5.41) is 22.8. The van der Waals surface area contributed by atoms with Gasteiger partial charge < -0.3 is 10.6 Å². The Morgan fingerprint density at radius 3 is 2.03 bits per heavy atom. The predicted octanol–water partition coefficient (Wildman–Crippen LogP) is 2.93. The van der Waals surface area contributed by atoms with E-state index in [4.69, 9.17) is 5.26 Å². The number of alkyl halides is 3. The van der Waals surface area contributed by atoms with Crippen LogP contribution in [-0.4, -0.2) is 31.2 Å². The summed E-state index contributed by atoms with van der Waals surface area (Å²) >= 11 is 0. The second kappa shape index (κ2) is 7.94. The molecule has 1 aliphatic rings. The number of amides is 1. The van der Waals surface area contributed by atoms with Crippen molar-refractivity contribution in [1.29, 1.82) is 10.5 Å². The zero-order valence-corrected chi connectivity index (χ0v) is 15.3. The van der Waals surface area contributed by atoms with Crippen molar-refractivity contribution in [2.24, 2.45) is 5.41 Å². The third kappa shape index (κ3) is 4.08. The minimum Gasteiger partial charge on any atom is -0.339 e. The van der Waals surface area contributed by atoms with Crippen LogP contribution in [0, 0.1) is 28.1 Å². The number of nitrogens with zero attached hydrogens (tertiary/aromatic N) is 2. The number of hydrogen-bond acceptors (Lipinski definition) is 4. The van der Waals surface area contributed by atoms with E-state index in [0.717, 1.165) is 11.1 Å². The highest BCUT2D eigenvalue weighted by Crippen LogP contribution is 2.41. The summed E-state index contributed by atoms with van der Waals surface area (Å²) in [4.78, 5) is 12.2. The largest absolute Gasteiger partial charge is 0.405 e. The van der Waals surface area contributed by atoms with Crippen LogP contribution in [0.4, 0.5) is 13.2 Å². The van der Waals surface area contributed by atoms with Gasteiger partial charge in [0.15, 0.2) is 5.41 Å². The minimum absolute atomic E-state index is 0.0945. The Morgan fingerprint density at radius 2 is 1.62 bits per heavy atom. The lowest BCUT2D eigenvalue weighted by Gasteiger charge is -2.42. The average Bonchev–Trinajstić information content (AvgIpc) is 2.66. The van der Waals surface area contributed by atoms with Gasteiger partial charge in [0.1, 0.15) is 6.04 Å². The summed E-state index contributed by atoms with van der Waals surface area (Å²) in [7, 11) is 0. The first-order valence-corrected chi connectivity index (χ1v) is 8.86. The van der Waals surface area contributed by atoms with Crippen molar-refractivity contribution in [3.05, 3.63) is 59.7 Å². The highest BCUT2D eigenvalue weighted by atomic mass is 19.4. The van der Waals surface area contributed by atoms with Crippen molar-refractivity contribution in [1.82, 2.24) is 10.6 Å². The van der Waals surface area contributed by atoms with E-state index in [2.05, 4.69) is 10.6 Å². The number of halogens is 3. The lowest BCUT2D eigenvalue weighted by atomic mass is 9.79. The monoisotopic (exact) mass is 398 g/mol. The van der Waals surface area contributed by atoms with Gasteiger partial charge in [-0.1, -0.05) is 36.4 Å². The molecule has 0 aliphatic carbocycles. The smallest absolute Gasteiger partial charge is 0.339 e. The molecule has 1 atom stereocenters. The summed E-state index contributed by atoms with van der Waals surface area (Å²) in [5.41, 5.74) is 0.595. The number of nitrogens with one attached hydrogen (secondary N) is 2. The fourth-order valence-corrected chi connectivity index (χ4v) is 3.10. The van der Waals surface area contributed by atoms with Crippen LogP contribution < -0.4 is 10.6 Å². The molecule has 0 radical (unpaired) electrons. The molecule has 8 heteroatoms. The molecule has 0 spiro atoms. The van der Waals surface area contributed by atoms with E-state index in [1.165, 1.54) is 0 Å². The molecule has 2 aromatic rings. The lowest BCUT2D eigenvalue weighted by molar-refractivity contribution is -0.234. The fourth-order valence-electron chi connectivity index (χ4n) is 3.10. The Balaban J connectivity index is 1.67. The predicted molar refractivity (Wildman–Crippen MR) is 99.2 cm³/mol. The molecule has 1 saturated heterocycles. The standard InChI is InChI=1S/C21H17F3N4O/c22-21(23,24)20(12-27-13-20)19(29)28-18(11-26)9-14-1-5-16(6-2-14)17-7-3-15(10-25)4-8-17/h1-8,18,27H,9,12-13H2,(H,28,29). The van der Waals surface area contributed by atoms with Crippen molar-refractivity contribution in [2.45, 2.75) is 18.6 Å². The van der Waals surface area contributed by atoms with Crippen LogP contribution in [0.25, 0.3) is 11.1 Å². The minimum atomic E-state index is -4.68. The summed E-state index contributed by atoms with van der Waals surface area (Å²) in [6, 6.07) is 17.0. The van der Waals surface area contributed by atoms with Gasteiger partial charge in [-0.2, -0.15) is 23.7 Å². The van der Waals surface area contributed by atoms with Gasteiger partial charge in [0.25, 0.3) is 0 Å². The van der Waals surface area contributed by atoms with Gasteiger partial charge in [-0.05, 0) is 28.8 Å². The number of nitriles is 2. The van der Waals surface area contributed by atoms with Gasteiger partial charge in [0.2, 0.25) is 5.91 Å².